The van der Waals surface area contributed by atoms with E-state index in [2.05, 4.69) is 23.8 Å². The van der Waals surface area contributed by atoms with Crippen LogP contribution >= 0.6 is 0 Å². The molecule has 3 atom stereocenters. The van der Waals surface area contributed by atoms with E-state index < -0.39 is 0 Å². The highest BCUT2D eigenvalue weighted by Gasteiger charge is 2.34. The average Bonchev–Trinajstić information content (AvgIpc) is 2.52. The molecular formula is C11H22N2O. The number of aliphatic hydroxyl groups is 1. The SMILES string of the molecule is CC1CN(C)CCN1C1CCCC1O. The standard InChI is InChI=1S/C11H22N2O/c1-9-8-12(2)6-7-13(9)10-4-3-5-11(10)14/h9-11,14H,3-8H2,1-2H3. The van der Waals surface area contributed by atoms with Gasteiger partial charge in [0.25, 0.3) is 0 Å². The number of hydrogen-bond donors (Lipinski definition) is 1. The van der Waals surface area contributed by atoms with Gasteiger partial charge >= 0.3 is 0 Å². The van der Waals surface area contributed by atoms with Crippen molar-refractivity contribution >= 4 is 0 Å². The molecule has 1 saturated carbocycles. The predicted molar refractivity (Wildman–Crippen MR) is 57.3 cm³/mol. The second kappa shape index (κ2) is 4.17. The number of piperazine rings is 1. The van der Waals surface area contributed by atoms with Crippen molar-refractivity contribution in [2.75, 3.05) is 26.7 Å². The zero-order valence-electron chi connectivity index (χ0n) is 9.32. The Hall–Kier alpha value is -0.120. The van der Waals surface area contributed by atoms with Gasteiger partial charge in [-0.15, -0.1) is 0 Å². The van der Waals surface area contributed by atoms with E-state index in [4.69, 9.17) is 0 Å². The van der Waals surface area contributed by atoms with Crippen LogP contribution in [0, 0.1) is 0 Å². The van der Waals surface area contributed by atoms with Crippen LogP contribution in [0.2, 0.25) is 0 Å². The molecule has 0 spiro atoms. The molecule has 3 heteroatoms. The predicted octanol–water partition coefficient (Wildman–Crippen LogP) is 0.536. The third kappa shape index (κ3) is 1.95. The van der Waals surface area contributed by atoms with Gasteiger partial charge in [-0.05, 0) is 33.2 Å². The molecule has 1 N–H and O–H groups in total. The second-order valence-corrected chi connectivity index (χ2v) is 4.91. The molecule has 1 heterocycles. The van der Waals surface area contributed by atoms with Gasteiger partial charge in [0, 0.05) is 31.7 Å². The van der Waals surface area contributed by atoms with Gasteiger partial charge in [0.2, 0.25) is 0 Å². The van der Waals surface area contributed by atoms with Crippen LogP contribution < -0.4 is 0 Å². The number of aliphatic hydroxyl groups excluding tert-OH is 1. The van der Waals surface area contributed by atoms with Gasteiger partial charge < -0.3 is 10.0 Å². The Morgan fingerprint density at radius 2 is 2.00 bits per heavy atom. The summed E-state index contributed by atoms with van der Waals surface area (Å²) >= 11 is 0. The largest absolute Gasteiger partial charge is 0.391 e. The third-order valence-corrected chi connectivity index (χ3v) is 3.75. The average molecular weight is 198 g/mol. The lowest BCUT2D eigenvalue weighted by Gasteiger charge is -2.42. The highest BCUT2D eigenvalue weighted by molar-refractivity contribution is 4.90. The normalized spacial score (nSPS) is 41.8. The minimum atomic E-state index is -0.0687. The van der Waals surface area contributed by atoms with E-state index in [1.807, 2.05) is 0 Å². The molecule has 0 amide bonds. The van der Waals surface area contributed by atoms with E-state index >= 15 is 0 Å². The lowest BCUT2D eigenvalue weighted by atomic mass is 10.1. The molecule has 0 bridgehead atoms. The van der Waals surface area contributed by atoms with Gasteiger partial charge in [0.1, 0.15) is 0 Å². The van der Waals surface area contributed by atoms with Crippen molar-refractivity contribution < 1.29 is 5.11 Å². The molecule has 2 rings (SSSR count). The molecule has 1 aliphatic carbocycles. The summed E-state index contributed by atoms with van der Waals surface area (Å²) in [4.78, 5) is 4.89. The summed E-state index contributed by atoms with van der Waals surface area (Å²) in [6.45, 7) is 5.69. The first kappa shape index (κ1) is 10.4. The van der Waals surface area contributed by atoms with Gasteiger partial charge in [-0.3, -0.25) is 4.90 Å². The summed E-state index contributed by atoms with van der Waals surface area (Å²) in [6, 6.07) is 1.05. The van der Waals surface area contributed by atoms with Crippen LogP contribution in [0.25, 0.3) is 0 Å². The number of hydrogen-bond acceptors (Lipinski definition) is 3. The van der Waals surface area contributed by atoms with E-state index in [9.17, 15) is 5.11 Å². The topological polar surface area (TPSA) is 26.7 Å². The van der Waals surface area contributed by atoms with Crippen molar-refractivity contribution in [1.29, 1.82) is 0 Å². The van der Waals surface area contributed by atoms with E-state index in [-0.39, 0.29) is 6.10 Å². The van der Waals surface area contributed by atoms with Gasteiger partial charge in [-0.25, -0.2) is 0 Å². The Labute approximate surface area is 86.7 Å². The van der Waals surface area contributed by atoms with Crippen LogP contribution in [0.3, 0.4) is 0 Å². The molecular weight excluding hydrogens is 176 g/mol. The van der Waals surface area contributed by atoms with Crippen molar-refractivity contribution in [1.82, 2.24) is 9.80 Å². The van der Waals surface area contributed by atoms with Crippen molar-refractivity contribution in [2.45, 2.75) is 44.4 Å². The van der Waals surface area contributed by atoms with E-state index in [0.717, 1.165) is 26.1 Å². The fraction of sp³-hybridized carbons (Fsp3) is 1.00. The van der Waals surface area contributed by atoms with Crippen LogP contribution in [0.1, 0.15) is 26.2 Å². The molecule has 0 aromatic heterocycles. The van der Waals surface area contributed by atoms with Crippen molar-refractivity contribution in [2.24, 2.45) is 0 Å². The summed E-state index contributed by atoms with van der Waals surface area (Å²) in [7, 11) is 2.18. The van der Waals surface area contributed by atoms with Crippen LogP contribution in [-0.4, -0.2) is 59.8 Å². The summed E-state index contributed by atoms with van der Waals surface area (Å²) in [6.07, 6.45) is 3.32. The first-order valence-electron chi connectivity index (χ1n) is 5.81. The van der Waals surface area contributed by atoms with Crippen molar-refractivity contribution in [3.05, 3.63) is 0 Å². The molecule has 14 heavy (non-hydrogen) atoms. The Bertz CT molecular complexity index is 198. The molecule has 0 aromatic rings. The van der Waals surface area contributed by atoms with Gasteiger partial charge in [-0.2, -0.15) is 0 Å². The van der Waals surface area contributed by atoms with Gasteiger partial charge in [-0.1, -0.05) is 0 Å². The molecule has 3 unspecified atom stereocenters. The van der Waals surface area contributed by atoms with Crippen molar-refractivity contribution in [3.8, 4) is 0 Å². The number of likely N-dealkylation sites (N-methyl/N-ethyl adjacent to an activating group) is 1. The molecule has 0 radical (unpaired) electrons. The Kier molecular flexibility index (Phi) is 3.10. The minimum absolute atomic E-state index is 0.0687. The van der Waals surface area contributed by atoms with Crippen LogP contribution in [-0.2, 0) is 0 Å². The molecule has 1 aliphatic heterocycles. The highest BCUT2D eigenvalue weighted by Crippen LogP contribution is 2.26. The lowest BCUT2D eigenvalue weighted by molar-refractivity contribution is 0.0100. The Morgan fingerprint density at radius 1 is 1.21 bits per heavy atom. The highest BCUT2D eigenvalue weighted by atomic mass is 16.3. The van der Waals surface area contributed by atoms with E-state index in [1.165, 1.54) is 12.8 Å². The molecule has 2 fully saturated rings. The summed E-state index contributed by atoms with van der Waals surface area (Å²) < 4.78 is 0. The summed E-state index contributed by atoms with van der Waals surface area (Å²) in [5.41, 5.74) is 0. The lowest BCUT2D eigenvalue weighted by Crippen LogP contribution is -2.56. The monoisotopic (exact) mass is 198 g/mol. The van der Waals surface area contributed by atoms with E-state index in [1.54, 1.807) is 0 Å². The van der Waals surface area contributed by atoms with Gasteiger partial charge in [0.05, 0.1) is 6.10 Å². The smallest absolute Gasteiger partial charge is 0.0695 e. The molecule has 2 aliphatic rings. The van der Waals surface area contributed by atoms with E-state index in [0.29, 0.717) is 12.1 Å². The number of nitrogens with zero attached hydrogens (tertiary/aromatic N) is 2. The maximum Gasteiger partial charge on any atom is 0.0695 e. The molecule has 1 saturated heterocycles. The number of rotatable bonds is 1. The Morgan fingerprint density at radius 3 is 2.57 bits per heavy atom. The van der Waals surface area contributed by atoms with Crippen molar-refractivity contribution in [3.63, 3.8) is 0 Å². The fourth-order valence-corrected chi connectivity index (χ4v) is 2.95. The molecule has 82 valence electrons. The Balaban J connectivity index is 1.96. The quantitative estimate of drug-likeness (QED) is 0.666. The molecule has 3 nitrogen and oxygen atoms in total. The summed E-state index contributed by atoms with van der Waals surface area (Å²) in [5, 5.41) is 9.87. The second-order valence-electron chi connectivity index (χ2n) is 4.91. The zero-order valence-corrected chi connectivity index (χ0v) is 9.32. The zero-order chi connectivity index (χ0) is 10.1. The first-order valence-corrected chi connectivity index (χ1v) is 5.81. The maximum absolute atomic E-state index is 9.87. The third-order valence-electron chi connectivity index (χ3n) is 3.75. The molecule has 0 aromatic carbocycles. The maximum atomic E-state index is 9.87. The summed E-state index contributed by atoms with van der Waals surface area (Å²) in [5.74, 6) is 0. The van der Waals surface area contributed by atoms with Crippen LogP contribution in [0.5, 0.6) is 0 Å². The van der Waals surface area contributed by atoms with Crippen LogP contribution in [0.15, 0.2) is 0 Å². The first-order chi connectivity index (χ1) is 6.68. The minimum Gasteiger partial charge on any atom is -0.391 e. The van der Waals surface area contributed by atoms with Crippen LogP contribution in [0.4, 0.5) is 0 Å². The fourth-order valence-electron chi connectivity index (χ4n) is 2.95. The van der Waals surface area contributed by atoms with Gasteiger partial charge in [0.15, 0.2) is 0 Å².